The monoisotopic (exact) mass is 283 g/mol. The third kappa shape index (κ3) is 2.67. The van der Waals surface area contributed by atoms with Crippen molar-refractivity contribution in [3.05, 3.63) is 58.7 Å². The molecule has 0 aromatic heterocycles. The van der Waals surface area contributed by atoms with Gasteiger partial charge in [-0.2, -0.15) is 0 Å². The van der Waals surface area contributed by atoms with E-state index in [4.69, 9.17) is 4.74 Å². The zero-order valence-corrected chi connectivity index (χ0v) is 12.5. The molecule has 2 aromatic rings. The highest BCUT2D eigenvalue weighted by Gasteiger charge is 2.24. The molecule has 3 rings (SSSR count). The first-order valence-electron chi connectivity index (χ1n) is 7.41. The number of fused-ring (bicyclic) bond motifs is 2. The van der Waals surface area contributed by atoms with Crippen LogP contribution in [0.3, 0.4) is 0 Å². The Balaban J connectivity index is 2.06. The molecule has 1 heterocycles. The molecule has 1 aliphatic rings. The standard InChI is InChI=1S/C18H21NO2/c1-12-5-3-7-14-16(20)11-15-13(9-10-19-2)6-4-8-17(15)21-18(12)14/h3-8,16,19-20H,9-11H2,1-2H3. The molecular weight excluding hydrogens is 262 g/mol. The summed E-state index contributed by atoms with van der Waals surface area (Å²) >= 11 is 0. The van der Waals surface area contributed by atoms with Crippen LogP contribution >= 0.6 is 0 Å². The van der Waals surface area contributed by atoms with Gasteiger partial charge in [0, 0.05) is 17.5 Å². The molecule has 2 aromatic carbocycles. The average molecular weight is 283 g/mol. The van der Waals surface area contributed by atoms with Crippen molar-refractivity contribution in [1.29, 1.82) is 0 Å². The first-order valence-corrected chi connectivity index (χ1v) is 7.41. The second kappa shape index (κ2) is 5.88. The highest BCUT2D eigenvalue weighted by Crippen LogP contribution is 2.41. The minimum absolute atomic E-state index is 0.517. The van der Waals surface area contributed by atoms with Crippen LogP contribution in [-0.4, -0.2) is 18.7 Å². The van der Waals surface area contributed by atoms with Gasteiger partial charge in [-0.3, -0.25) is 0 Å². The van der Waals surface area contributed by atoms with E-state index in [9.17, 15) is 5.11 Å². The Bertz CT molecular complexity index is 652. The number of aliphatic hydroxyl groups is 1. The predicted octanol–water partition coefficient (Wildman–Crippen LogP) is 3.14. The van der Waals surface area contributed by atoms with Gasteiger partial charge in [0.15, 0.2) is 0 Å². The van der Waals surface area contributed by atoms with Gasteiger partial charge >= 0.3 is 0 Å². The summed E-state index contributed by atoms with van der Waals surface area (Å²) in [4.78, 5) is 0. The number of nitrogens with one attached hydrogen (secondary N) is 1. The fourth-order valence-electron chi connectivity index (χ4n) is 2.92. The fourth-order valence-corrected chi connectivity index (χ4v) is 2.92. The number of hydrogen-bond donors (Lipinski definition) is 2. The van der Waals surface area contributed by atoms with E-state index in [0.29, 0.717) is 6.42 Å². The van der Waals surface area contributed by atoms with Crippen LogP contribution in [0.4, 0.5) is 0 Å². The maximum Gasteiger partial charge on any atom is 0.136 e. The smallest absolute Gasteiger partial charge is 0.136 e. The molecule has 0 radical (unpaired) electrons. The Labute approximate surface area is 125 Å². The molecule has 3 nitrogen and oxygen atoms in total. The lowest BCUT2D eigenvalue weighted by Crippen LogP contribution is -2.12. The summed E-state index contributed by atoms with van der Waals surface area (Å²) < 4.78 is 6.14. The summed E-state index contributed by atoms with van der Waals surface area (Å²) in [7, 11) is 1.95. The average Bonchev–Trinajstić information content (AvgIpc) is 2.63. The SMILES string of the molecule is CNCCc1cccc2c1CC(O)c1cccc(C)c1O2. The van der Waals surface area contributed by atoms with Crippen molar-refractivity contribution in [2.45, 2.75) is 25.9 Å². The Morgan fingerprint density at radius 1 is 1.24 bits per heavy atom. The third-order valence-corrected chi connectivity index (χ3v) is 4.09. The predicted molar refractivity (Wildman–Crippen MR) is 84.0 cm³/mol. The van der Waals surface area contributed by atoms with Crippen LogP contribution in [-0.2, 0) is 12.8 Å². The number of para-hydroxylation sites is 1. The molecule has 0 fully saturated rings. The van der Waals surface area contributed by atoms with E-state index in [0.717, 1.165) is 41.2 Å². The van der Waals surface area contributed by atoms with E-state index in [1.54, 1.807) is 0 Å². The van der Waals surface area contributed by atoms with Gasteiger partial charge in [0.05, 0.1) is 6.10 Å². The van der Waals surface area contributed by atoms with E-state index in [-0.39, 0.29) is 0 Å². The Hall–Kier alpha value is -1.84. The quantitative estimate of drug-likeness (QED) is 0.909. The van der Waals surface area contributed by atoms with Crippen LogP contribution in [0.1, 0.15) is 28.4 Å². The van der Waals surface area contributed by atoms with Crippen molar-refractivity contribution in [3.63, 3.8) is 0 Å². The minimum Gasteiger partial charge on any atom is -0.456 e. The normalized spacial score (nSPS) is 16.6. The molecule has 1 aliphatic heterocycles. The van der Waals surface area contributed by atoms with Crippen LogP contribution in [0.5, 0.6) is 11.5 Å². The largest absolute Gasteiger partial charge is 0.456 e. The maximum absolute atomic E-state index is 10.6. The van der Waals surface area contributed by atoms with Crippen molar-refractivity contribution in [1.82, 2.24) is 5.32 Å². The van der Waals surface area contributed by atoms with Gasteiger partial charge in [-0.25, -0.2) is 0 Å². The Kier molecular flexibility index (Phi) is 3.95. The Morgan fingerprint density at radius 3 is 2.86 bits per heavy atom. The van der Waals surface area contributed by atoms with Gasteiger partial charge in [-0.1, -0.05) is 30.3 Å². The van der Waals surface area contributed by atoms with Gasteiger partial charge < -0.3 is 15.2 Å². The van der Waals surface area contributed by atoms with Crippen molar-refractivity contribution in [2.75, 3.05) is 13.6 Å². The fraction of sp³-hybridized carbons (Fsp3) is 0.333. The molecule has 21 heavy (non-hydrogen) atoms. The van der Waals surface area contributed by atoms with Gasteiger partial charge in [-0.05, 0) is 44.1 Å². The van der Waals surface area contributed by atoms with Crippen molar-refractivity contribution >= 4 is 0 Å². The van der Waals surface area contributed by atoms with Gasteiger partial charge in [0.25, 0.3) is 0 Å². The molecule has 0 spiro atoms. The number of rotatable bonds is 3. The Morgan fingerprint density at radius 2 is 2.05 bits per heavy atom. The van der Waals surface area contributed by atoms with E-state index in [1.165, 1.54) is 5.56 Å². The highest BCUT2D eigenvalue weighted by molar-refractivity contribution is 5.51. The number of ether oxygens (including phenoxy) is 1. The van der Waals surface area contributed by atoms with Crippen LogP contribution in [0, 0.1) is 6.92 Å². The molecule has 2 N–H and O–H groups in total. The zero-order valence-electron chi connectivity index (χ0n) is 12.5. The zero-order chi connectivity index (χ0) is 14.8. The van der Waals surface area contributed by atoms with E-state index in [2.05, 4.69) is 11.4 Å². The molecule has 0 bridgehead atoms. The number of hydrogen-bond acceptors (Lipinski definition) is 3. The summed E-state index contributed by atoms with van der Waals surface area (Å²) in [6.07, 6.45) is 1.02. The molecule has 3 heteroatoms. The van der Waals surface area contributed by atoms with E-state index >= 15 is 0 Å². The molecular formula is C18H21NO2. The second-order valence-electron chi connectivity index (χ2n) is 5.56. The van der Waals surface area contributed by atoms with Crippen LogP contribution in [0.15, 0.2) is 36.4 Å². The van der Waals surface area contributed by atoms with Crippen molar-refractivity contribution in [2.24, 2.45) is 0 Å². The number of aliphatic hydroxyl groups excluding tert-OH is 1. The molecule has 0 saturated carbocycles. The minimum atomic E-state index is -0.517. The number of benzene rings is 2. The van der Waals surface area contributed by atoms with Gasteiger partial charge in [0.2, 0.25) is 0 Å². The maximum atomic E-state index is 10.6. The van der Waals surface area contributed by atoms with Crippen LogP contribution in [0.2, 0.25) is 0 Å². The summed E-state index contributed by atoms with van der Waals surface area (Å²) in [5, 5.41) is 13.7. The number of aryl methyl sites for hydroxylation is 1. The second-order valence-corrected chi connectivity index (χ2v) is 5.56. The lowest BCUT2D eigenvalue weighted by atomic mass is 9.95. The molecule has 0 amide bonds. The molecule has 110 valence electrons. The van der Waals surface area contributed by atoms with Gasteiger partial charge in [-0.15, -0.1) is 0 Å². The van der Waals surface area contributed by atoms with Crippen molar-refractivity contribution < 1.29 is 9.84 Å². The van der Waals surface area contributed by atoms with Gasteiger partial charge in [0.1, 0.15) is 11.5 Å². The van der Waals surface area contributed by atoms with Crippen LogP contribution in [0.25, 0.3) is 0 Å². The highest BCUT2D eigenvalue weighted by atomic mass is 16.5. The summed E-state index contributed by atoms with van der Waals surface area (Å²) in [6.45, 7) is 2.93. The van der Waals surface area contributed by atoms with E-state index in [1.807, 2.05) is 44.3 Å². The lowest BCUT2D eigenvalue weighted by molar-refractivity contribution is 0.178. The molecule has 0 aliphatic carbocycles. The molecule has 1 atom stereocenters. The van der Waals surface area contributed by atoms with Crippen molar-refractivity contribution in [3.8, 4) is 11.5 Å². The summed E-state index contributed by atoms with van der Waals surface area (Å²) in [6, 6.07) is 12.1. The van der Waals surface area contributed by atoms with E-state index < -0.39 is 6.10 Å². The molecule has 0 saturated heterocycles. The van der Waals surface area contributed by atoms with Crippen LogP contribution < -0.4 is 10.1 Å². The molecule has 1 unspecified atom stereocenters. The first kappa shape index (κ1) is 14.1. The lowest BCUT2D eigenvalue weighted by Gasteiger charge is -2.13. The first-order chi connectivity index (χ1) is 10.2. The third-order valence-electron chi connectivity index (χ3n) is 4.09. The summed E-state index contributed by atoms with van der Waals surface area (Å²) in [5.74, 6) is 1.67. The number of likely N-dealkylation sites (N-methyl/N-ethyl adjacent to an activating group) is 1. The topological polar surface area (TPSA) is 41.5 Å². The summed E-state index contributed by atoms with van der Waals surface area (Å²) in [5.41, 5.74) is 4.30.